The molecule has 2 aromatic rings. The topological polar surface area (TPSA) is 94.5 Å². The van der Waals surface area contributed by atoms with E-state index in [-0.39, 0.29) is 23.6 Å². The van der Waals surface area contributed by atoms with Gasteiger partial charge in [-0.25, -0.2) is 0 Å². The van der Waals surface area contributed by atoms with Gasteiger partial charge in [-0.1, -0.05) is 0 Å². The molecule has 2 aliphatic rings. The van der Waals surface area contributed by atoms with Gasteiger partial charge in [0.25, 0.3) is 0 Å². The largest absolute Gasteiger partial charge is 0.508 e. The second kappa shape index (κ2) is 10.5. The van der Waals surface area contributed by atoms with Crippen molar-refractivity contribution in [3.63, 3.8) is 0 Å². The number of phenols is 2. The lowest BCUT2D eigenvalue weighted by Crippen LogP contribution is -2.26. The molecule has 2 N–H and O–H groups in total. The molecule has 7 heteroatoms. The summed E-state index contributed by atoms with van der Waals surface area (Å²) in [6.45, 7) is 1.29. The van der Waals surface area contributed by atoms with Gasteiger partial charge in [-0.05, 0) is 74.2 Å². The van der Waals surface area contributed by atoms with Crippen LogP contribution in [0.3, 0.4) is 0 Å². The lowest BCUT2D eigenvalue weighted by atomic mass is 10.1. The third-order valence-corrected chi connectivity index (χ3v) is 5.44. The number of ketones is 1. The molecule has 2 atom stereocenters. The maximum Gasteiger partial charge on any atom is 0.199 e. The molecule has 0 amide bonds. The van der Waals surface area contributed by atoms with E-state index in [1.807, 2.05) is 0 Å². The summed E-state index contributed by atoms with van der Waals surface area (Å²) in [6, 6.07) is 9.24. The molecule has 0 bridgehead atoms. The fourth-order valence-electron chi connectivity index (χ4n) is 3.71. The number of carbonyl (C=O) groups is 1. The zero-order valence-corrected chi connectivity index (χ0v) is 17.9. The van der Waals surface area contributed by atoms with Crippen molar-refractivity contribution in [2.24, 2.45) is 0 Å². The molecule has 32 heavy (non-hydrogen) atoms. The summed E-state index contributed by atoms with van der Waals surface area (Å²) < 4.78 is 23.2. The second-order valence-corrected chi connectivity index (χ2v) is 7.93. The molecule has 170 valence electrons. The van der Waals surface area contributed by atoms with Crippen LogP contribution >= 0.6 is 0 Å². The SMILES string of the molecule is O=C(/C=C/c1cc(O)ccc1O)c1cc(OC2CCCCO2)ccc1OC1CCCCO1. The number of phenolic OH excluding ortho intramolecular Hbond substituents is 2. The number of aromatic hydroxyl groups is 2. The zero-order valence-electron chi connectivity index (χ0n) is 17.9. The van der Waals surface area contributed by atoms with Crippen LogP contribution in [0.15, 0.2) is 42.5 Å². The van der Waals surface area contributed by atoms with Crippen LogP contribution in [0.1, 0.15) is 54.4 Å². The van der Waals surface area contributed by atoms with E-state index in [1.165, 1.54) is 30.4 Å². The molecule has 2 fully saturated rings. The molecule has 0 aliphatic carbocycles. The van der Waals surface area contributed by atoms with E-state index in [4.69, 9.17) is 18.9 Å². The minimum Gasteiger partial charge on any atom is -0.508 e. The molecule has 4 rings (SSSR count). The van der Waals surface area contributed by atoms with Crippen molar-refractivity contribution >= 4 is 11.9 Å². The molecule has 2 unspecified atom stereocenters. The molecule has 2 aliphatic heterocycles. The van der Waals surface area contributed by atoms with E-state index in [0.29, 0.717) is 35.8 Å². The summed E-state index contributed by atoms with van der Waals surface area (Å²) in [5, 5.41) is 19.6. The number of allylic oxidation sites excluding steroid dienone is 1. The summed E-state index contributed by atoms with van der Waals surface area (Å²) in [7, 11) is 0. The first kappa shape index (κ1) is 22.2. The van der Waals surface area contributed by atoms with Gasteiger partial charge in [-0.3, -0.25) is 4.79 Å². The lowest BCUT2D eigenvalue weighted by Gasteiger charge is -2.25. The molecule has 0 aromatic heterocycles. The van der Waals surface area contributed by atoms with Crippen molar-refractivity contribution in [2.75, 3.05) is 13.2 Å². The van der Waals surface area contributed by atoms with Gasteiger partial charge in [-0.15, -0.1) is 0 Å². The van der Waals surface area contributed by atoms with Crippen LogP contribution in [-0.2, 0) is 9.47 Å². The Hall–Kier alpha value is -3.03. The highest BCUT2D eigenvalue weighted by atomic mass is 16.7. The van der Waals surface area contributed by atoms with E-state index >= 15 is 0 Å². The van der Waals surface area contributed by atoms with Gasteiger partial charge in [0, 0.05) is 18.4 Å². The van der Waals surface area contributed by atoms with Crippen LogP contribution in [0.25, 0.3) is 6.08 Å². The predicted octanol–water partition coefficient (Wildman–Crippen LogP) is 4.80. The molecule has 0 saturated carbocycles. The number of hydrogen-bond donors (Lipinski definition) is 2. The summed E-state index contributed by atoms with van der Waals surface area (Å²) >= 11 is 0. The third-order valence-electron chi connectivity index (χ3n) is 5.44. The standard InChI is InChI=1S/C25H28O7/c26-18-8-11-21(27)17(15-18)7-10-22(28)20-16-19(31-24-5-1-3-13-29-24)9-12-23(20)32-25-6-2-4-14-30-25/h7-12,15-16,24-27H,1-6,13-14H2/b10-7+. The van der Waals surface area contributed by atoms with E-state index in [9.17, 15) is 15.0 Å². The summed E-state index contributed by atoms with van der Waals surface area (Å²) in [6.07, 6.45) is 7.67. The fraction of sp³-hybridized carbons (Fsp3) is 0.400. The number of rotatable bonds is 7. The highest BCUT2D eigenvalue weighted by molar-refractivity contribution is 6.09. The minimum absolute atomic E-state index is 0.00347. The van der Waals surface area contributed by atoms with Crippen molar-refractivity contribution in [2.45, 2.75) is 51.1 Å². The van der Waals surface area contributed by atoms with Gasteiger partial charge >= 0.3 is 0 Å². The maximum absolute atomic E-state index is 13.1. The third kappa shape index (κ3) is 5.81. The number of benzene rings is 2. The predicted molar refractivity (Wildman–Crippen MR) is 118 cm³/mol. The lowest BCUT2D eigenvalue weighted by molar-refractivity contribution is -0.107. The Morgan fingerprint density at radius 3 is 2.31 bits per heavy atom. The van der Waals surface area contributed by atoms with Crippen molar-refractivity contribution < 1.29 is 34.0 Å². The maximum atomic E-state index is 13.1. The van der Waals surface area contributed by atoms with Gasteiger partial charge in [0.15, 0.2) is 18.4 Å². The first-order valence-electron chi connectivity index (χ1n) is 11.0. The normalized spacial score (nSPS) is 21.4. The number of carbonyl (C=O) groups excluding carboxylic acids is 1. The van der Waals surface area contributed by atoms with Crippen LogP contribution in [0.4, 0.5) is 0 Å². The van der Waals surface area contributed by atoms with E-state index < -0.39 is 6.29 Å². The zero-order chi connectivity index (χ0) is 22.3. The molecular formula is C25H28O7. The Bertz CT molecular complexity index is 957. The highest BCUT2D eigenvalue weighted by Crippen LogP contribution is 2.30. The Kier molecular flexibility index (Phi) is 7.29. The first-order valence-corrected chi connectivity index (χ1v) is 11.0. The van der Waals surface area contributed by atoms with E-state index in [2.05, 4.69) is 0 Å². The van der Waals surface area contributed by atoms with E-state index in [1.54, 1.807) is 18.2 Å². The number of ether oxygens (including phenoxy) is 4. The van der Waals surface area contributed by atoms with Crippen LogP contribution in [-0.4, -0.2) is 41.8 Å². The Morgan fingerprint density at radius 1 is 0.906 bits per heavy atom. The van der Waals surface area contributed by atoms with E-state index in [0.717, 1.165) is 38.5 Å². The molecule has 2 heterocycles. The van der Waals surface area contributed by atoms with Crippen molar-refractivity contribution in [1.82, 2.24) is 0 Å². The average Bonchev–Trinajstić information content (AvgIpc) is 2.82. The van der Waals surface area contributed by atoms with Crippen molar-refractivity contribution in [3.05, 3.63) is 53.6 Å². The van der Waals surface area contributed by atoms with Crippen molar-refractivity contribution in [3.8, 4) is 23.0 Å². The Labute approximate surface area is 187 Å². The Morgan fingerprint density at radius 2 is 1.62 bits per heavy atom. The molecule has 0 spiro atoms. The molecule has 7 nitrogen and oxygen atoms in total. The second-order valence-electron chi connectivity index (χ2n) is 7.93. The quantitative estimate of drug-likeness (QED) is 0.363. The van der Waals surface area contributed by atoms with Crippen LogP contribution in [0, 0.1) is 0 Å². The van der Waals surface area contributed by atoms with Gasteiger partial charge in [-0.2, -0.15) is 0 Å². The van der Waals surface area contributed by atoms with Gasteiger partial charge in [0.05, 0.1) is 18.8 Å². The van der Waals surface area contributed by atoms with Gasteiger partial charge < -0.3 is 29.2 Å². The fourth-order valence-corrected chi connectivity index (χ4v) is 3.71. The average molecular weight is 440 g/mol. The smallest absolute Gasteiger partial charge is 0.199 e. The van der Waals surface area contributed by atoms with Crippen LogP contribution in [0.5, 0.6) is 23.0 Å². The van der Waals surface area contributed by atoms with Gasteiger partial charge in [0.2, 0.25) is 0 Å². The minimum atomic E-state index is -0.400. The Balaban J connectivity index is 1.57. The van der Waals surface area contributed by atoms with Crippen LogP contribution < -0.4 is 9.47 Å². The molecule has 2 saturated heterocycles. The summed E-state index contributed by atoms with van der Waals surface area (Å²) in [5.74, 6) is 0.560. The molecule has 0 radical (unpaired) electrons. The first-order chi connectivity index (χ1) is 15.6. The van der Waals surface area contributed by atoms with Crippen LogP contribution in [0.2, 0.25) is 0 Å². The number of hydrogen-bond acceptors (Lipinski definition) is 7. The molecular weight excluding hydrogens is 412 g/mol. The van der Waals surface area contributed by atoms with Gasteiger partial charge in [0.1, 0.15) is 23.0 Å². The monoisotopic (exact) mass is 440 g/mol. The van der Waals surface area contributed by atoms with Crippen molar-refractivity contribution in [1.29, 1.82) is 0 Å². The molecule has 2 aromatic carbocycles. The summed E-state index contributed by atoms with van der Waals surface area (Å²) in [5.41, 5.74) is 0.655. The highest BCUT2D eigenvalue weighted by Gasteiger charge is 2.21. The summed E-state index contributed by atoms with van der Waals surface area (Å²) in [4.78, 5) is 13.1.